The fourth-order valence-corrected chi connectivity index (χ4v) is 1.20. The van der Waals surface area contributed by atoms with E-state index in [0.29, 0.717) is 0 Å². The Bertz CT molecular complexity index is 42.8. The van der Waals surface area contributed by atoms with Crippen LogP contribution >= 0.6 is 20.2 Å². The van der Waals surface area contributed by atoms with Crippen LogP contribution in [0, 0.1) is 0 Å². The van der Waals surface area contributed by atoms with E-state index in [1.54, 1.807) is 0 Å². The lowest BCUT2D eigenvalue weighted by atomic mass is 10.3. The number of alkyl halides is 1. The van der Waals surface area contributed by atoms with Crippen molar-refractivity contribution in [2.45, 2.75) is 39.5 Å². The van der Waals surface area contributed by atoms with Gasteiger partial charge in [-0.05, 0) is 19.2 Å². The fraction of sp³-hybridized carbons (Fsp3) is 1.00. The van der Waals surface area contributed by atoms with Gasteiger partial charge in [-0.1, -0.05) is 41.7 Å². The molecule has 0 rings (SSSR count). The Morgan fingerprint density at radius 1 is 1.09 bits per heavy atom. The predicted molar refractivity (Wildman–Crippen MR) is 58.2 cm³/mol. The highest BCUT2D eigenvalue weighted by molar-refractivity contribution is 7.36. The van der Waals surface area contributed by atoms with Gasteiger partial charge in [0.15, 0.2) is 0 Å². The lowest BCUT2D eigenvalue weighted by Crippen LogP contribution is -1.70. The zero-order valence-corrected chi connectivity index (χ0v) is 9.72. The van der Waals surface area contributed by atoms with Crippen molar-refractivity contribution in [3.05, 3.63) is 0 Å². The molecule has 0 amide bonds. The highest BCUT2D eigenvalue weighted by Crippen LogP contribution is 2.01. The van der Waals surface area contributed by atoms with Gasteiger partial charge >= 0.3 is 0 Å². The Morgan fingerprint density at radius 2 is 1.73 bits per heavy atom. The van der Waals surface area contributed by atoms with Crippen LogP contribution in [0.2, 0.25) is 0 Å². The van der Waals surface area contributed by atoms with Crippen LogP contribution in [0.4, 0.5) is 0 Å². The number of rotatable bonds is 5. The first-order chi connectivity index (χ1) is 5.33. The Morgan fingerprint density at radius 3 is 1.82 bits per heavy atom. The van der Waals surface area contributed by atoms with Crippen molar-refractivity contribution >= 4 is 20.2 Å². The van der Waals surface area contributed by atoms with Crippen molar-refractivity contribution in [3.63, 3.8) is 0 Å². The predicted octanol–water partition coefficient (Wildman–Crippen LogP) is 4.39. The molecule has 0 saturated heterocycles. The minimum Gasteiger partial charge on any atom is -0.127 e. The van der Waals surface area contributed by atoms with Gasteiger partial charge in [0, 0.05) is 5.88 Å². The Balaban J connectivity index is 0. The summed E-state index contributed by atoms with van der Waals surface area (Å²) < 4.78 is 0. The molecule has 0 aliphatic rings. The zero-order valence-electron chi connectivity index (χ0n) is 8.07. The molecular weight excluding hydrogens is 175 g/mol. The fourth-order valence-electron chi connectivity index (χ4n) is 0.568. The van der Waals surface area contributed by atoms with E-state index in [-0.39, 0.29) is 0 Å². The van der Waals surface area contributed by atoms with Crippen LogP contribution in [0.5, 0.6) is 0 Å². The van der Waals surface area contributed by atoms with Crippen LogP contribution in [0.15, 0.2) is 0 Å². The number of hydrogen-bond donors (Lipinski definition) is 0. The van der Waals surface area contributed by atoms with Gasteiger partial charge in [0.2, 0.25) is 0 Å². The van der Waals surface area contributed by atoms with Crippen molar-refractivity contribution in [2.24, 2.45) is 0 Å². The molecule has 0 aromatic carbocycles. The third-order valence-corrected chi connectivity index (χ3v) is 2.35. The van der Waals surface area contributed by atoms with Crippen LogP contribution in [-0.2, 0) is 0 Å². The van der Waals surface area contributed by atoms with Crippen LogP contribution in [-0.4, -0.2) is 18.7 Å². The number of hydrogen-bond acceptors (Lipinski definition) is 0. The minimum atomic E-state index is 0.827. The van der Waals surface area contributed by atoms with Gasteiger partial charge in [-0.15, -0.1) is 11.6 Å². The topological polar surface area (TPSA) is 0 Å². The van der Waals surface area contributed by atoms with E-state index >= 15 is 0 Å². The van der Waals surface area contributed by atoms with Gasteiger partial charge in [0.1, 0.15) is 0 Å². The lowest BCUT2D eigenvalue weighted by Gasteiger charge is -1.84. The summed E-state index contributed by atoms with van der Waals surface area (Å²) in [6, 6.07) is 0. The normalized spacial score (nSPS) is 9.82. The van der Waals surface area contributed by atoms with E-state index in [1.807, 2.05) is 0 Å². The quantitative estimate of drug-likeness (QED) is 0.347. The number of unbranched alkanes of at least 4 members (excludes halogenated alkanes) is 2. The molecule has 0 bridgehead atoms. The molecule has 11 heavy (non-hydrogen) atoms. The maximum atomic E-state index is 5.38. The summed E-state index contributed by atoms with van der Waals surface area (Å²) in [6.45, 7) is 6.56. The van der Waals surface area contributed by atoms with Gasteiger partial charge in [0.25, 0.3) is 0 Å². The molecule has 0 N–H and O–H groups in total. The average Bonchev–Trinajstić information content (AvgIpc) is 2.04. The van der Waals surface area contributed by atoms with Gasteiger partial charge < -0.3 is 0 Å². The molecule has 2 heteroatoms. The average molecular weight is 196 g/mol. The molecule has 0 heterocycles. The monoisotopic (exact) mass is 195 g/mol. The summed E-state index contributed by atoms with van der Waals surface area (Å²) >= 11 is 5.38. The first kappa shape index (κ1) is 14.3. The largest absolute Gasteiger partial charge is 0.127 e. The second-order valence-corrected chi connectivity index (χ2v) is 3.89. The summed E-state index contributed by atoms with van der Waals surface area (Å²) in [5.74, 6) is 0.827. The van der Waals surface area contributed by atoms with E-state index in [2.05, 4.69) is 20.5 Å². The Kier molecular flexibility index (Phi) is 22.0. The summed E-state index contributed by atoms with van der Waals surface area (Å²) in [7, 11) is 1.53. The van der Waals surface area contributed by atoms with Gasteiger partial charge in [0.05, 0.1) is 0 Å². The molecule has 0 fully saturated rings. The van der Waals surface area contributed by atoms with E-state index in [1.165, 1.54) is 40.4 Å². The molecule has 0 aromatic heterocycles. The molecular formula is C9H21ClP. The van der Waals surface area contributed by atoms with Gasteiger partial charge in [-0.3, -0.25) is 0 Å². The zero-order chi connectivity index (χ0) is 8.95. The van der Waals surface area contributed by atoms with Crippen molar-refractivity contribution in [3.8, 4) is 0 Å². The van der Waals surface area contributed by atoms with Crippen LogP contribution < -0.4 is 0 Å². The van der Waals surface area contributed by atoms with Gasteiger partial charge in [-0.2, -0.15) is 0 Å². The van der Waals surface area contributed by atoms with Crippen molar-refractivity contribution < 1.29 is 0 Å². The Hall–Kier alpha value is 0.720. The Labute approximate surface area is 78.9 Å². The van der Waals surface area contributed by atoms with Crippen LogP contribution in [0.25, 0.3) is 0 Å². The molecule has 1 radical (unpaired) electrons. The third kappa shape index (κ3) is 24.9. The van der Waals surface area contributed by atoms with Gasteiger partial charge in [-0.25, -0.2) is 0 Å². The van der Waals surface area contributed by atoms with Crippen LogP contribution in [0.3, 0.4) is 0 Å². The summed E-state index contributed by atoms with van der Waals surface area (Å²) in [4.78, 5) is 0. The molecule has 0 atom stereocenters. The number of halogens is 1. The standard InChI is InChI=1S/C5H11Cl.C4H10P/c1-2-3-4-5-6;1-3-4-5-2/h2-5H2,1H3;3-4H2,1-2H3. The van der Waals surface area contributed by atoms with E-state index < -0.39 is 0 Å². The van der Waals surface area contributed by atoms with Crippen molar-refractivity contribution in [1.29, 1.82) is 0 Å². The molecule has 0 nitrogen and oxygen atoms in total. The third-order valence-electron chi connectivity index (χ3n) is 1.18. The minimum absolute atomic E-state index is 0.827. The first-order valence-electron chi connectivity index (χ1n) is 4.44. The smallest absolute Gasteiger partial charge is 0.0223 e. The summed E-state index contributed by atoms with van der Waals surface area (Å²) in [6.07, 6.45) is 6.42. The molecule has 0 aliphatic carbocycles. The summed E-state index contributed by atoms with van der Waals surface area (Å²) in [5.41, 5.74) is 0. The van der Waals surface area contributed by atoms with Crippen LogP contribution in [0.1, 0.15) is 39.5 Å². The van der Waals surface area contributed by atoms with E-state index in [0.717, 1.165) is 5.88 Å². The summed E-state index contributed by atoms with van der Waals surface area (Å²) in [5, 5.41) is 0. The first-order valence-corrected chi connectivity index (χ1v) is 6.51. The maximum Gasteiger partial charge on any atom is 0.0223 e. The molecule has 0 saturated carbocycles. The molecule has 0 unspecified atom stereocenters. The molecule has 69 valence electrons. The highest BCUT2D eigenvalue weighted by Gasteiger charge is 1.76. The van der Waals surface area contributed by atoms with E-state index in [9.17, 15) is 0 Å². The van der Waals surface area contributed by atoms with Crippen molar-refractivity contribution in [1.82, 2.24) is 0 Å². The SMILES string of the molecule is CCCCCCl.CCC[P]C. The lowest BCUT2D eigenvalue weighted by molar-refractivity contribution is 0.776. The highest BCUT2D eigenvalue weighted by atomic mass is 35.5. The molecule has 0 aromatic rings. The van der Waals surface area contributed by atoms with E-state index in [4.69, 9.17) is 11.6 Å². The molecule has 0 aliphatic heterocycles. The second kappa shape index (κ2) is 17.0. The molecule has 0 spiro atoms. The second-order valence-electron chi connectivity index (χ2n) is 2.44. The van der Waals surface area contributed by atoms with Crippen molar-refractivity contribution in [2.75, 3.05) is 18.7 Å². The maximum absolute atomic E-state index is 5.38.